The van der Waals surface area contributed by atoms with Crippen molar-refractivity contribution in [2.75, 3.05) is 20.2 Å². The number of hydrogen-bond acceptors (Lipinski definition) is 2. The zero-order valence-corrected chi connectivity index (χ0v) is 11.4. The van der Waals surface area contributed by atoms with E-state index in [0.717, 1.165) is 5.75 Å². The number of methoxy groups -OCH3 is 1. The minimum atomic E-state index is 0.293. The monoisotopic (exact) mass is 233 g/mol. The van der Waals surface area contributed by atoms with Crippen molar-refractivity contribution in [2.24, 2.45) is 0 Å². The predicted molar refractivity (Wildman–Crippen MR) is 71.7 cm³/mol. The predicted octanol–water partition coefficient (Wildman–Crippen LogP) is 3.28. The summed E-state index contributed by atoms with van der Waals surface area (Å²) in [5, 5.41) is 0. The van der Waals surface area contributed by atoms with Crippen LogP contribution in [0.15, 0.2) is 24.3 Å². The minimum Gasteiger partial charge on any atom is -0.497 e. The Labute approximate surface area is 105 Å². The number of likely N-dealkylation sites (tertiary alicyclic amines) is 1. The van der Waals surface area contributed by atoms with Crippen LogP contribution in [0.25, 0.3) is 0 Å². The van der Waals surface area contributed by atoms with Gasteiger partial charge in [-0.1, -0.05) is 12.1 Å². The zero-order valence-electron chi connectivity index (χ0n) is 11.4. The molecule has 0 N–H and O–H groups in total. The van der Waals surface area contributed by atoms with Crippen LogP contribution >= 0.6 is 0 Å². The third-order valence-electron chi connectivity index (χ3n) is 3.72. The summed E-state index contributed by atoms with van der Waals surface area (Å²) in [4.78, 5) is 2.57. The molecule has 0 unspecified atom stereocenters. The van der Waals surface area contributed by atoms with E-state index in [2.05, 4.69) is 49.9 Å². The molecule has 1 aliphatic heterocycles. The van der Waals surface area contributed by atoms with E-state index in [4.69, 9.17) is 4.74 Å². The van der Waals surface area contributed by atoms with Gasteiger partial charge in [0.1, 0.15) is 5.75 Å². The number of ether oxygens (including phenoxy) is 1. The molecule has 0 bridgehead atoms. The Morgan fingerprint density at radius 3 is 2.29 bits per heavy atom. The molecule has 2 nitrogen and oxygen atoms in total. The standard InChI is InChI=1S/C15H23NO/c1-15(2,3)16-10-9-13(11-16)12-5-7-14(17-4)8-6-12/h5-8,13H,9-11H2,1-4H3/t13-/m0/s1. The highest BCUT2D eigenvalue weighted by molar-refractivity contribution is 5.30. The van der Waals surface area contributed by atoms with Crippen LogP contribution < -0.4 is 4.74 Å². The summed E-state index contributed by atoms with van der Waals surface area (Å²) in [6, 6.07) is 8.54. The zero-order chi connectivity index (χ0) is 12.5. The van der Waals surface area contributed by atoms with E-state index in [-0.39, 0.29) is 0 Å². The average molecular weight is 233 g/mol. The molecule has 2 heteroatoms. The van der Waals surface area contributed by atoms with Gasteiger partial charge in [-0.3, -0.25) is 4.90 Å². The topological polar surface area (TPSA) is 12.5 Å². The molecule has 1 aromatic carbocycles. The van der Waals surface area contributed by atoms with Crippen LogP contribution in [0.3, 0.4) is 0 Å². The first kappa shape index (κ1) is 12.4. The number of hydrogen-bond donors (Lipinski definition) is 0. The van der Waals surface area contributed by atoms with Gasteiger partial charge >= 0.3 is 0 Å². The quantitative estimate of drug-likeness (QED) is 0.777. The van der Waals surface area contributed by atoms with Gasteiger partial charge in [0.25, 0.3) is 0 Å². The second-order valence-corrected chi connectivity index (χ2v) is 5.88. The third-order valence-corrected chi connectivity index (χ3v) is 3.72. The SMILES string of the molecule is COc1ccc([C@H]2CCN(C(C)(C)C)C2)cc1. The number of rotatable bonds is 2. The Kier molecular flexibility index (Phi) is 3.43. The van der Waals surface area contributed by atoms with Crippen molar-refractivity contribution in [3.63, 3.8) is 0 Å². The largest absolute Gasteiger partial charge is 0.497 e. The van der Waals surface area contributed by atoms with Crippen molar-refractivity contribution in [3.05, 3.63) is 29.8 Å². The molecule has 2 rings (SSSR count). The minimum absolute atomic E-state index is 0.293. The number of benzene rings is 1. The molecule has 1 heterocycles. The lowest BCUT2D eigenvalue weighted by Gasteiger charge is -2.31. The van der Waals surface area contributed by atoms with Gasteiger partial charge in [0.15, 0.2) is 0 Å². The first-order valence-corrected chi connectivity index (χ1v) is 6.39. The summed E-state index contributed by atoms with van der Waals surface area (Å²) < 4.78 is 5.20. The maximum Gasteiger partial charge on any atom is 0.118 e. The highest BCUT2D eigenvalue weighted by atomic mass is 16.5. The van der Waals surface area contributed by atoms with Crippen molar-refractivity contribution in [1.82, 2.24) is 4.90 Å². The second kappa shape index (κ2) is 4.69. The third kappa shape index (κ3) is 2.81. The Morgan fingerprint density at radius 2 is 1.82 bits per heavy atom. The van der Waals surface area contributed by atoms with Gasteiger partial charge in [0, 0.05) is 12.1 Å². The molecule has 0 aromatic heterocycles. The van der Waals surface area contributed by atoms with E-state index < -0.39 is 0 Å². The fraction of sp³-hybridized carbons (Fsp3) is 0.600. The summed E-state index contributed by atoms with van der Waals surface area (Å²) in [6.45, 7) is 9.27. The highest BCUT2D eigenvalue weighted by Gasteiger charge is 2.30. The Balaban J connectivity index is 2.05. The van der Waals surface area contributed by atoms with Gasteiger partial charge in [-0.25, -0.2) is 0 Å². The summed E-state index contributed by atoms with van der Waals surface area (Å²) in [7, 11) is 1.71. The second-order valence-electron chi connectivity index (χ2n) is 5.88. The molecule has 17 heavy (non-hydrogen) atoms. The van der Waals surface area contributed by atoms with Crippen LogP contribution in [0.1, 0.15) is 38.7 Å². The molecule has 1 fully saturated rings. The lowest BCUT2D eigenvalue weighted by atomic mass is 9.98. The van der Waals surface area contributed by atoms with Gasteiger partial charge in [-0.05, 0) is 57.4 Å². The fourth-order valence-electron chi connectivity index (χ4n) is 2.52. The van der Waals surface area contributed by atoms with Crippen molar-refractivity contribution in [1.29, 1.82) is 0 Å². The molecule has 0 amide bonds. The summed E-state index contributed by atoms with van der Waals surface area (Å²) in [5.41, 5.74) is 1.74. The molecule has 1 aliphatic rings. The summed E-state index contributed by atoms with van der Waals surface area (Å²) >= 11 is 0. The fourth-order valence-corrected chi connectivity index (χ4v) is 2.52. The van der Waals surface area contributed by atoms with Crippen LogP contribution in [0.4, 0.5) is 0 Å². The summed E-state index contributed by atoms with van der Waals surface area (Å²) in [5.74, 6) is 1.62. The van der Waals surface area contributed by atoms with Crippen LogP contribution in [-0.2, 0) is 0 Å². The van der Waals surface area contributed by atoms with Crippen LogP contribution in [0.5, 0.6) is 5.75 Å². The lowest BCUT2D eigenvalue weighted by molar-refractivity contribution is 0.173. The lowest BCUT2D eigenvalue weighted by Crippen LogP contribution is -2.39. The van der Waals surface area contributed by atoms with E-state index in [1.54, 1.807) is 7.11 Å². The molecule has 0 saturated carbocycles. The van der Waals surface area contributed by atoms with Gasteiger partial charge < -0.3 is 4.74 Å². The summed E-state index contributed by atoms with van der Waals surface area (Å²) in [6.07, 6.45) is 1.27. The maximum absolute atomic E-state index is 5.20. The molecule has 1 atom stereocenters. The highest BCUT2D eigenvalue weighted by Crippen LogP contribution is 2.32. The van der Waals surface area contributed by atoms with Crippen LogP contribution in [0, 0.1) is 0 Å². The Hall–Kier alpha value is -1.02. The first-order chi connectivity index (χ1) is 8.00. The Bertz CT molecular complexity index is 364. The molecule has 1 saturated heterocycles. The normalized spacial score (nSPS) is 21.8. The maximum atomic E-state index is 5.20. The van der Waals surface area contributed by atoms with Gasteiger partial charge in [-0.15, -0.1) is 0 Å². The molecule has 1 aromatic rings. The molecule has 0 radical (unpaired) electrons. The van der Waals surface area contributed by atoms with Gasteiger partial charge in [-0.2, -0.15) is 0 Å². The van der Waals surface area contributed by atoms with E-state index in [9.17, 15) is 0 Å². The van der Waals surface area contributed by atoms with Crippen molar-refractivity contribution >= 4 is 0 Å². The van der Waals surface area contributed by atoms with E-state index in [0.29, 0.717) is 11.5 Å². The first-order valence-electron chi connectivity index (χ1n) is 6.39. The molecular formula is C15H23NO. The van der Waals surface area contributed by atoms with Crippen LogP contribution in [0.2, 0.25) is 0 Å². The Morgan fingerprint density at radius 1 is 1.18 bits per heavy atom. The average Bonchev–Trinajstić information content (AvgIpc) is 2.78. The van der Waals surface area contributed by atoms with Gasteiger partial charge in [0.2, 0.25) is 0 Å². The molecule has 0 aliphatic carbocycles. The van der Waals surface area contributed by atoms with E-state index in [1.165, 1.54) is 25.1 Å². The van der Waals surface area contributed by atoms with Crippen molar-refractivity contribution < 1.29 is 4.74 Å². The van der Waals surface area contributed by atoms with Crippen molar-refractivity contribution in [3.8, 4) is 5.75 Å². The smallest absolute Gasteiger partial charge is 0.118 e. The van der Waals surface area contributed by atoms with E-state index in [1.807, 2.05) is 0 Å². The van der Waals surface area contributed by atoms with Crippen LogP contribution in [-0.4, -0.2) is 30.6 Å². The van der Waals surface area contributed by atoms with Crippen molar-refractivity contribution in [2.45, 2.75) is 38.6 Å². The number of nitrogens with zero attached hydrogens (tertiary/aromatic N) is 1. The van der Waals surface area contributed by atoms with E-state index >= 15 is 0 Å². The molecule has 0 spiro atoms. The molecular weight excluding hydrogens is 210 g/mol. The molecule has 94 valence electrons. The van der Waals surface area contributed by atoms with Gasteiger partial charge in [0.05, 0.1) is 7.11 Å².